The lowest BCUT2D eigenvalue weighted by molar-refractivity contribution is -0.123. The van der Waals surface area contributed by atoms with Crippen LogP contribution in [0.25, 0.3) is 0 Å². The number of amides is 1. The molecule has 0 aromatic heterocycles. The van der Waals surface area contributed by atoms with Gasteiger partial charge < -0.3 is 15.8 Å². The summed E-state index contributed by atoms with van der Waals surface area (Å²) >= 11 is 0. The Balaban J connectivity index is 2.03. The molecule has 1 aliphatic carbocycles. The molecule has 0 saturated heterocycles. The molecule has 1 aliphatic rings. The van der Waals surface area contributed by atoms with Crippen molar-refractivity contribution in [2.45, 2.75) is 25.3 Å². The molecule has 0 aromatic carbocycles. The van der Waals surface area contributed by atoms with Crippen molar-refractivity contribution >= 4 is 5.91 Å². The first-order valence-electron chi connectivity index (χ1n) is 4.34. The zero-order chi connectivity index (χ0) is 9.03. The smallest absolute Gasteiger partial charge is 0.240 e. The molecule has 1 rings (SSSR count). The van der Waals surface area contributed by atoms with Crippen molar-refractivity contribution in [3.63, 3.8) is 0 Å². The summed E-state index contributed by atoms with van der Waals surface area (Å²) in [7, 11) is 0. The Labute approximate surface area is 72.5 Å². The van der Waals surface area contributed by atoms with Crippen LogP contribution in [0, 0.1) is 0 Å². The van der Waals surface area contributed by atoms with Crippen molar-refractivity contribution < 1.29 is 9.53 Å². The minimum atomic E-state index is -0.549. The normalized spacial score (nSPS) is 18.8. The van der Waals surface area contributed by atoms with Crippen LogP contribution >= 0.6 is 0 Å². The third-order valence-corrected chi connectivity index (χ3v) is 1.98. The fourth-order valence-electron chi connectivity index (χ4n) is 0.919. The Morgan fingerprint density at radius 2 is 2.33 bits per heavy atom. The van der Waals surface area contributed by atoms with E-state index in [1.54, 1.807) is 0 Å². The van der Waals surface area contributed by atoms with E-state index in [0.29, 0.717) is 19.8 Å². The molecule has 0 radical (unpaired) electrons. The van der Waals surface area contributed by atoms with E-state index in [9.17, 15) is 4.79 Å². The van der Waals surface area contributed by atoms with E-state index in [2.05, 4.69) is 5.32 Å². The van der Waals surface area contributed by atoms with Crippen LogP contribution in [0.5, 0.6) is 0 Å². The lowest BCUT2D eigenvalue weighted by Crippen LogP contribution is -2.43. The second kappa shape index (κ2) is 3.87. The minimum Gasteiger partial charge on any atom is -0.380 e. The topological polar surface area (TPSA) is 64.3 Å². The predicted molar refractivity (Wildman–Crippen MR) is 45.7 cm³/mol. The minimum absolute atomic E-state index is 0.0396. The van der Waals surface area contributed by atoms with Crippen LogP contribution < -0.4 is 11.1 Å². The third kappa shape index (κ3) is 2.46. The number of carbonyl (C=O) groups is 1. The fraction of sp³-hybridized carbons (Fsp3) is 0.875. The summed E-state index contributed by atoms with van der Waals surface area (Å²) in [4.78, 5) is 11.2. The Morgan fingerprint density at radius 1 is 1.67 bits per heavy atom. The van der Waals surface area contributed by atoms with Crippen LogP contribution in [0.15, 0.2) is 0 Å². The lowest BCUT2D eigenvalue weighted by atomic mass is 10.3. The summed E-state index contributed by atoms with van der Waals surface area (Å²) in [6, 6.07) is 0. The number of rotatable bonds is 5. The Bertz CT molecular complexity index is 166. The molecule has 0 spiro atoms. The van der Waals surface area contributed by atoms with Gasteiger partial charge in [-0.25, -0.2) is 0 Å². The van der Waals surface area contributed by atoms with E-state index in [1.807, 2.05) is 6.92 Å². The highest BCUT2D eigenvalue weighted by atomic mass is 16.5. The van der Waals surface area contributed by atoms with Gasteiger partial charge in [-0.3, -0.25) is 4.79 Å². The second-order valence-electron chi connectivity index (χ2n) is 3.11. The van der Waals surface area contributed by atoms with Crippen LogP contribution in [-0.4, -0.2) is 31.2 Å². The molecule has 0 heterocycles. The Morgan fingerprint density at radius 3 is 2.83 bits per heavy atom. The van der Waals surface area contributed by atoms with Gasteiger partial charge in [0.15, 0.2) is 0 Å². The standard InChI is InChI=1S/C8H16N2O2/c1-2-12-6-5-10-7(11)8(9)3-4-8/h2-6,9H2,1H3,(H,10,11). The van der Waals surface area contributed by atoms with Crippen molar-refractivity contribution in [1.82, 2.24) is 5.32 Å². The highest BCUT2D eigenvalue weighted by molar-refractivity contribution is 5.88. The first-order chi connectivity index (χ1) is 5.69. The van der Waals surface area contributed by atoms with Gasteiger partial charge in [-0.2, -0.15) is 0 Å². The average Bonchev–Trinajstić information content (AvgIpc) is 2.78. The van der Waals surface area contributed by atoms with E-state index < -0.39 is 5.54 Å². The van der Waals surface area contributed by atoms with Crippen LogP contribution in [0.4, 0.5) is 0 Å². The molecule has 0 aromatic rings. The van der Waals surface area contributed by atoms with Crippen molar-refractivity contribution in [2.75, 3.05) is 19.8 Å². The number of hydrogen-bond acceptors (Lipinski definition) is 3. The predicted octanol–water partition coefficient (Wildman–Crippen LogP) is -0.370. The molecule has 0 aliphatic heterocycles. The number of carbonyl (C=O) groups excluding carboxylic acids is 1. The molecular formula is C8H16N2O2. The highest BCUT2D eigenvalue weighted by Crippen LogP contribution is 2.31. The summed E-state index contributed by atoms with van der Waals surface area (Å²) in [6.45, 7) is 3.74. The SMILES string of the molecule is CCOCCNC(=O)C1(N)CC1. The molecule has 1 fully saturated rings. The van der Waals surface area contributed by atoms with Gasteiger partial charge >= 0.3 is 0 Å². The molecule has 4 heteroatoms. The first-order valence-corrected chi connectivity index (χ1v) is 4.34. The highest BCUT2D eigenvalue weighted by Gasteiger charge is 2.45. The fourth-order valence-corrected chi connectivity index (χ4v) is 0.919. The van der Waals surface area contributed by atoms with Gasteiger partial charge in [0, 0.05) is 13.2 Å². The molecule has 0 unspecified atom stereocenters. The molecule has 1 amide bonds. The summed E-state index contributed by atoms with van der Waals surface area (Å²) < 4.78 is 5.06. The molecular weight excluding hydrogens is 156 g/mol. The van der Waals surface area contributed by atoms with Crippen LogP contribution in [-0.2, 0) is 9.53 Å². The maximum absolute atomic E-state index is 11.2. The number of nitrogens with one attached hydrogen (secondary N) is 1. The quantitative estimate of drug-likeness (QED) is 0.556. The Hall–Kier alpha value is -0.610. The molecule has 1 saturated carbocycles. The molecule has 70 valence electrons. The zero-order valence-corrected chi connectivity index (χ0v) is 7.43. The summed E-state index contributed by atoms with van der Waals surface area (Å²) in [5.41, 5.74) is 5.10. The zero-order valence-electron chi connectivity index (χ0n) is 7.43. The first kappa shape index (κ1) is 9.48. The molecule has 3 N–H and O–H groups in total. The molecule has 0 bridgehead atoms. The van der Waals surface area contributed by atoms with Gasteiger partial charge in [-0.1, -0.05) is 0 Å². The van der Waals surface area contributed by atoms with Crippen LogP contribution in [0.1, 0.15) is 19.8 Å². The summed E-state index contributed by atoms with van der Waals surface area (Å²) in [5.74, 6) is -0.0396. The van der Waals surface area contributed by atoms with Gasteiger partial charge in [-0.05, 0) is 19.8 Å². The van der Waals surface area contributed by atoms with Crippen molar-refractivity contribution in [1.29, 1.82) is 0 Å². The molecule has 0 atom stereocenters. The van der Waals surface area contributed by atoms with Crippen LogP contribution in [0.3, 0.4) is 0 Å². The van der Waals surface area contributed by atoms with Crippen molar-refractivity contribution in [2.24, 2.45) is 5.73 Å². The van der Waals surface area contributed by atoms with Crippen molar-refractivity contribution in [3.8, 4) is 0 Å². The lowest BCUT2D eigenvalue weighted by Gasteiger charge is -2.09. The monoisotopic (exact) mass is 172 g/mol. The molecule has 12 heavy (non-hydrogen) atoms. The Kier molecular flexibility index (Phi) is 3.05. The van der Waals surface area contributed by atoms with Gasteiger partial charge in [0.2, 0.25) is 5.91 Å². The summed E-state index contributed by atoms with van der Waals surface area (Å²) in [5, 5.41) is 2.73. The van der Waals surface area contributed by atoms with Crippen molar-refractivity contribution in [3.05, 3.63) is 0 Å². The largest absolute Gasteiger partial charge is 0.380 e. The average molecular weight is 172 g/mol. The van der Waals surface area contributed by atoms with Gasteiger partial charge in [0.1, 0.15) is 0 Å². The number of nitrogens with two attached hydrogens (primary N) is 1. The number of ether oxygens (including phenoxy) is 1. The number of hydrogen-bond donors (Lipinski definition) is 2. The van der Waals surface area contributed by atoms with E-state index in [4.69, 9.17) is 10.5 Å². The van der Waals surface area contributed by atoms with E-state index in [1.165, 1.54) is 0 Å². The maximum atomic E-state index is 11.2. The van der Waals surface area contributed by atoms with Gasteiger partial charge in [0.25, 0.3) is 0 Å². The maximum Gasteiger partial charge on any atom is 0.240 e. The second-order valence-corrected chi connectivity index (χ2v) is 3.11. The third-order valence-electron chi connectivity index (χ3n) is 1.98. The van der Waals surface area contributed by atoms with Gasteiger partial charge in [0.05, 0.1) is 12.1 Å². The summed E-state index contributed by atoms with van der Waals surface area (Å²) in [6.07, 6.45) is 1.63. The van der Waals surface area contributed by atoms with E-state index in [0.717, 1.165) is 12.8 Å². The molecule has 4 nitrogen and oxygen atoms in total. The van der Waals surface area contributed by atoms with E-state index >= 15 is 0 Å². The van der Waals surface area contributed by atoms with Crippen LogP contribution in [0.2, 0.25) is 0 Å². The van der Waals surface area contributed by atoms with E-state index in [-0.39, 0.29) is 5.91 Å². The van der Waals surface area contributed by atoms with Gasteiger partial charge in [-0.15, -0.1) is 0 Å².